The Kier molecular flexibility index (Phi) is 6.16. The third kappa shape index (κ3) is 4.26. The van der Waals surface area contributed by atoms with Crippen molar-refractivity contribution < 1.29 is 4.42 Å². The minimum absolute atomic E-state index is 0.888. The summed E-state index contributed by atoms with van der Waals surface area (Å²) in [6, 6.07) is 70.7. The van der Waals surface area contributed by atoms with E-state index in [0.717, 1.165) is 49.7 Å². The van der Waals surface area contributed by atoms with Crippen molar-refractivity contribution in [3.63, 3.8) is 0 Å². The molecule has 0 aliphatic carbocycles. The van der Waals surface area contributed by atoms with Crippen molar-refractivity contribution in [2.75, 3.05) is 0 Å². The summed E-state index contributed by atoms with van der Waals surface area (Å²) in [5.74, 6) is 0. The van der Waals surface area contributed by atoms with Gasteiger partial charge in [0.15, 0.2) is 0 Å². The number of rotatable bonds is 3. The summed E-state index contributed by atoms with van der Waals surface area (Å²) in [5.41, 5.74) is 11.1. The zero-order chi connectivity index (χ0) is 37.2. The van der Waals surface area contributed by atoms with Crippen molar-refractivity contribution in [2.24, 2.45) is 0 Å². The van der Waals surface area contributed by atoms with Crippen molar-refractivity contribution in [2.45, 2.75) is 0 Å². The largest absolute Gasteiger partial charge is 0.455 e. The number of hydrogen-bond acceptors (Lipinski definition) is 1. The van der Waals surface area contributed by atoms with Gasteiger partial charge in [-0.25, -0.2) is 0 Å². The molecule has 3 heterocycles. The molecule has 13 aromatic rings. The third-order valence-corrected chi connectivity index (χ3v) is 12.3. The van der Waals surface area contributed by atoms with E-state index in [1.54, 1.807) is 0 Å². The summed E-state index contributed by atoms with van der Waals surface area (Å²) in [6.07, 6.45) is 0. The van der Waals surface area contributed by atoms with Gasteiger partial charge in [0.25, 0.3) is 0 Å². The highest BCUT2D eigenvalue weighted by Gasteiger charge is 2.20. The topological polar surface area (TPSA) is 23.0 Å². The molecule has 0 saturated heterocycles. The lowest BCUT2D eigenvalue weighted by Crippen LogP contribution is -1.93. The van der Waals surface area contributed by atoms with E-state index >= 15 is 0 Å². The zero-order valence-corrected chi connectivity index (χ0v) is 30.8. The lowest BCUT2D eigenvalue weighted by molar-refractivity contribution is 0.673. The Morgan fingerprint density at radius 2 is 0.754 bits per heavy atom. The SMILES string of the molecule is c1ccc2c(c1)c1ccccc1c1cc(-c3ccc(-n4c5ccccc5c5c6oc7ccc(-n8c9ccccc9c9ccccc98)cc7c6ccc54)cc3)ccc21. The number of benzene rings is 10. The number of para-hydroxylation sites is 3. The van der Waals surface area contributed by atoms with E-state index in [2.05, 4.69) is 203 Å². The summed E-state index contributed by atoms with van der Waals surface area (Å²) in [6.45, 7) is 0. The van der Waals surface area contributed by atoms with Gasteiger partial charge in [-0.1, -0.05) is 127 Å². The number of aromatic nitrogens is 2. The van der Waals surface area contributed by atoms with Crippen LogP contribution in [0, 0.1) is 0 Å². The molecule has 0 unspecified atom stereocenters. The van der Waals surface area contributed by atoms with Gasteiger partial charge in [0.1, 0.15) is 11.2 Å². The maximum atomic E-state index is 6.82. The monoisotopic (exact) mass is 724 g/mol. The fraction of sp³-hybridized carbons (Fsp3) is 0. The number of furan rings is 1. The highest BCUT2D eigenvalue weighted by Crippen LogP contribution is 2.43. The molecule has 264 valence electrons. The predicted octanol–water partition coefficient (Wildman–Crippen LogP) is 14.9. The lowest BCUT2D eigenvalue weighted by Gasteiger charge is -2.13. The van der Waals surface area contributed by atoms with Crippen molar-refractivity contribution in [3.8, 4) is 22.5 Å². The van der Waals surface area contributed by atoms with Crippen LogP contribution in [0.2, 0.25) is 0 Å². The molecule has 0 amide bonds. The van der Waals surface area contributed by atoms with Crippen LogP contribution in [0.1, 0.15) is 0 Å². The molecule has 0 aliphatic heterocycles. The average Bonchev–Trinajstić information content (AvgIpc) is 3.94. The first-order valence-corrected chi connectivity index (χ1v) is 19.6. The molecular formula is C54H32N2O. The van der Waals surface area contributed by atoms with Crippen molar-refractivity contribution in [1.82, 2.24) is 9.13 Å². The molecular weight excluding hydrogens is 693 g/mol. The van der Waals surface area contributed by atoms with E-state index in [1.807, 2.05) is 0 Å². The summed E-state index contributed by atoms with van der Waals surface area (Å²) in [5, 5.41) is 14.8. The van der Waals surface area contributed by atoms with Gasteiger partial charge in [-0.15, -0.1) is 0 Å². The summed E-state index contributed by atoms with van der Waals surface area (Å²) >= 11 is 0. The molecule has 0 saturated carbocycles. The Balaban J connectivity index is 0.962. The zero-order valence-electron chi connectivity index (χ0n) is 30.8. The number of hydrogen-bond donors (Lipinski definition) is 0. The Bertz CT molecular complexity index is 3710. The lowest BCUT2D eigenvalue weighted by atomic mass is 9.92. The first-order chi connectivity index (χ1) is 28.3. The van der Waals surface area contributed by atoms with Crippen LogP contribution in [0.3, 0.4) is 0 Å². The first kappa shape index (κ1) is 30.7. The fourth-order valence-electron chi connectivity index (χ4n) is 9.78. The molecule has 0 bridgehead atoms. The Hall–Kier alpha value is -7.62. The van der Waals surface area contributed by atoms with E-state index in [-0.39, 0.29) is 0 Å². The van der Waals surface area contributed by atoms with Crippen LogP contribution in [0.15, 0.2) is 199 Å². The van der Waals surface area contributed by atoms with Crippen molar-refractivity contribution >= 4 is 97.9 Å². The molecule has 0 atom stereocenters. The molecule has 13 rings (SSSR count). The smallest absolute Gasteiger partial charge is 0.145 e. The second-order valence-corrected chi connectivity index (χ2v) is 15.2. The molecule has 10 aromatic carbocycles. The molecule has 3 nitrogen and oxygen atoms in total. The Morgan fingerprint density at radius 3 is 1.40 bits per heavy atom. The van der Waals surface area contributed by atoms with Gasteiger partial charge < -0.3 is 13.6 Å². The predicted molar refractivity (Wildman–Crippen MR) is 240 cm³/mol. The van der Waals surface area contributed by atoms with Crippen LogP contribution in [-0.2, 0) is 0 Å². The molecule has 0 spiro atoms. The van der Waals surface area contributed by atoms with Crippen LogP contribution in [-0.4, -0.2) is 9.13 Å². The third-order valence-electron chi connectivity index (χ3n) is 12.3. The van der Waals surface area contributed by atoms with Crippen LogP contribution in [0.25, 0.3) is 120 Å². The molecule has 57 heavy (non-hydrogen) atoms. The average molecular weight is 725 g/mol. The molecule has 3 heteroatoms. The Morgan fingerprint density at radius 1 is 0.281 bits per heavy atom. The van der Waals surface area contributed by atoms with E-state index < -0.39 is 0 Å². The van der Waals surface area contributed by atoms with Gasteiger partial charge in [-0.3, -0.25) is 0 Å². The second kappa shape index (κ2) is 11.5. The van der Waals surface area contributed by atoms with E-state index in [0.29, 0.717) is 0 Å². The summed E-state index contributed by atoms with van der Waals surface area (Å²) in [7, 11) is 0. The number of nitrogens with zero attached hydrogens (tertiary/aromatic N) is 2. The minimum atomic E-state index is 0.888. The van der Waals surface area contributed by atoms with Gasteiger partial charge in [0, 0.05) is 38.3 Å². The van der Waals surface area contributed by atoms with E-state index in [9.17, 15) is 0 Å². The summed E-state index contributed by atoms with van der Waals surface area (Å²) in [4.78, 5) is 0. The maximum absolute atomic E-state index is 6.82. The number of fused-ring (bicyclic) bond motifs is 16. The van der Waals surface area contributed by atoms with Gasteiger partial charge in [-0.2, -0.15) is 0 Å². The van der Waals surface area contributed by atoms with Crippen LogP contribution in [0.4, 0.5) is 0 Å². The van der Waals surface area contributed by atoms with Crippen molar-refractivity contribution in [1.29, 1.82) is 0 Å². The molecule has 0 fully saturated rings. The van der Waals surface area contributed by atoms with Crippen molar-refractivity contribution in [3.05, 3.63) is 194 Å². The standard InChI is InChI=1S/C54H32N2O/c1-2-13-39-37(11-1)38-12-3-4-14-40(38)46-31-34(23-27-41(39)46)33-21-24-35(25-22-33)55-50-20-10-7-17-45(50)53-51(55)29-28-44-47-32-36(26-30-52(47)57-54(44)53)56-48-18-8-5-15-42(48)43-16-6-9-19-49(43)56/h1-32H. The van der Waals surface area contributed by atoms with Gasteiger partial charge in [0.2, 0.25) is 0 Å². The van der Waals surface area contributed by atoms with E-state index in [1.165, 1.54) is 70.6 Å². The molecule has 3 aromatic heterocycles. The molecule has 0 radical (unpaired) electrons. The van der Waals surface area contributed by atoms with Crippen LogP contribution in [0.5, 0.6) is 0 Å². The van der Waals surface area contributed by atoms with Gasteiger partial charge in [0.05, 0.1) is 27.5 Å². The minimum Gasteiger partial charge on any atom is -0.455 e. The quantitative estimate of drug-likeness (QED) is 0.166. The maximum Gasteiger partial charge on any atom is 0.145 e. The molecule has 0 aliphatic rings. The van der Waals surface area contributed by atoms with Gasteiger partial charge >= 0.3 is 0 Å². The van der Waals surface area contributed by atoms with Gasteiger partial charge in [-0.05, 0) is 110 Å². The van der Waals surface area contributed by atoms with E-state index in [4.69, 9.17) is 4.42 Å². The van der Waals surface area contributed by atoms with Crippen LogP contribution >= 0.6 is 0 Å². The Labute approximate surface area is 326 Å². The fourth-order valence-corrected chi connectivity index (χ4v) is 9.78. The van der Waals surface area contributed by atoms with Crippen LogP contribution < -0.4 is 0 Å². The molecule has 0 N–H and O–H groups in total. The first-order valence-electron chi connectivity index (χ1n) is 19.6. The highest BCUT2D eigenvalue weighted by molar-refractivity contribution is 6.26. The highest BCUT2D eigenvalue weighted by atomic mass is 16.3. The second-order valence-electron chi connectivity index (χ2n) is 15.2. The summed E-state index contributed by atoms with van der Waals surface area (Å²) < 4.78 is 11.6. The normalized spacial score (nSPS) is 12.2.